The van der Waals surface area contributed by atoms with Crippen molar-refractivity contribution >= 4 is 38.9 Å². The Morgan fingerprint density at radius 2 is 1.97 bits per heavy atom. The van der Waals surface area contributed by atoms with E-state index in [-0.39, 0.29) is 11.9 Å². The highest BCUT2D eigenvalue weighted by atomic mass is 19.1. The van der Waals surface area contributed by atoms with Crippen LogP contribution in [0.5, 0.6) is 0 Å². The summed E-state index contributed by atoms with van der Waals surface area (Å²) in [4.78, 5) is 21.2. The zero-order valence-electron chi connectivity index (χ0n) is 19.7. The van der Waals surface area contributed by atoms with Crippen LogP contribution < -0.4 is 5.32 Å². The molecule has 7 nitrogen and oxygen atoms in total. The maximum Gasteiger partial charge on any atom is 0.224 e. The fraction of sp³-hybridized carbons (Fsp3) is 0.185. The Hall–Kier alpha value is -4.33. The van der Waals surface area contributed by atoms with Crippen molar-refractivity contribution in [1.29, 1.82) is 0 Å². The van der Waals surface area contributed by atoms with Gasteiger partial charge >= 0.3 is 0 Å². The van der Waals surface area contributed by atoms with Crippen molar-refractivity contribution in [2.45, 2.75) is 33.4 Å². The number of imidazole rings is 1. The molecule has 0 amide bonds. The summed E-state index contributed by atoms with van der Waals surface area (Å²) in [6.07, 6.45) is 5.41. The number of H-pyrrole nitrogens is 1. The van der Waals surface area contributed by atoms with Gasteiger partial charge in [0.15, 0.2) is 5.82 Å². The second-order valence-electron chi connectivity index (χ2n) is 8.99. The molecule has 0 spiro atoms. The Balaban J connectivity index is 1.31. The van der Waals surface area contributed by atoms with Crippen molar-refractivity contribution < 1.29 is 4.39 Å². The smallest absolute Gasteiger partial charge is 0.224 e. The third-order valence-electron chi connectivity index (χ3n) is 6.30. The first-order valence-electron chi connectivity index (χ1n) is 11.6. The van der Waals surface area contributed by atoms with Gasteiger partial charge in [-0.2, -0.15) is 4.98 Å². The summed E-state index contributed by atoms with van der Waals surface area (Å²) in [5, 5.41) is 5.21. The van der Waals surface area contributed by atoms with Crippen LogP contribution in [0.4, 0.5) is 10.3 Å². The second kappa shape index (κ2) is 8.16. The van der Waals surface area contributed by atoms with Gasteiger partial charge in [0, 0.05) is 47.5 Å². The summed E-state index contributed by atoms with van der Waals surface area (Å²) >= 11 is 0. The molecule has 0 aliphatic rings. The minimum absolute atomic E-state index is 0.174. The fourth-order valence-electron chi connectivity index (χ4n) is 4.72. The highest BCUT2D eigenvalue weighted by Crippen LogP contribution is 2.33. The van der Waals surface area contributed by atoms with Crippen LogP contribution in [0.15, 0.2) is 61.1 Å². The van der Waals surface area contributed by atoms with E-state index in [0.29, 0.717) is 23.7 Å². The van der Waals surface area contributed by atoms with E-state index in [1.165, 1.54) is 6.07 Å². The van der Waals surface area contributed by atoms with Crippen LogP contribution in [0.25, 0.3) is 44.1 Å². The minimum atomic E-state index is -0.334. The summed E-state index contributed by atoms with van der Waals surface area (Å²) in [6.45, 7) is 6.63. The van der Waals surface area contributed by atoms with Crippen LogP contribution in [0.1, 0.15) is 31.3 Å². The Labute approximate surface area is 201 Å². The van der Waals surface area contributed by atoms with Gasteiger partial charge in [0.25, 0.3) is 0 Å². The standard InChI is InChI=1S/C27H24FN7/c1-15(2)35-16(3)33-25-22(28)10-19(11-24(25)35)20-13-30-26-21(20)14-32-27(34-26)31-12-17-6-7-23-18(9-17)5-4-8-29-23/h4-11,13-15H,12H2,1-3H3,(H2,30,31,32,34). The number of anilines is 1. The zero-order chi connectivity index (χ0) is 24.1. The predicted octanol–water partition coefficient (Wildman–Crippen LogP) is 6.16. The highest BCUT2D eigenvalue weighted by Gasteiger charge is 2.17. The van der Waals surface area contributed by atoms with Gasteiger partial charge < -0.3 is 14.9 Å². The van der Waals surface area contributed by atoms with E-state index >= 15 is 0 Å². The number of hydrogen-bond donors (Lipinski definition) is 2. The minimum Gasteiger partial charge on any atom is -0.350 e. The fourth-order valence-corrected chi connectivity index (χ4v) is 4.72. The van der Waals surface area contributed by atoms with Crippen LogP contribution in [0.3, 0.4) is 0 Å². The van der Waals surface area contributed by atoms with Crippen LogP contribution in [0, 0.1) is 12.7 Å². The van der Waals surface area contributed by atoms with Crippen molar-refractivity contribution in [3.63, 3.8) is 0 Å². The van der Waals surface area contributed by atoms with Crippen molar-refractivity contribution in [3.05, 3.63) is 78.3 Å². The van der Waals surface area contributed by atoms with E-state index < -0.39 is 0 Å². The summed E-state index contributed by atoms with van der Waals surface area (Å²) in [6, 6.07) is 13.8. The molecule has 0 atom stereocenters. The van der Waals surface area contributed by atoms with Crippen molar-refractivity contribution in [1.82, 2.24) is 29.5 Å². The number of aromatic nitrogens is 6. The molecule has 2 N–H and O–H groups in total. The number of fused-ring (bicyclic) bond motifs is 3. The normalized spacial score (nSPS) is 11.8. The average Bonchev–Trinajstić information content (AvgIpc) is 3.43. The predicted molar refractivity (Wildman–Crippen MR) is 137 cm³/mol. The van der Waals surface area contributed by atoms with Gasteiger partial charge in [-0.25, -0.2) is 14.4 Å². The van der Waals surface area contributed by atoms with Crippen LogP contribution >= 0.6 is 0 Å². The largest absolute Gasteiger partial charge is 0.350 e. The molecule has 0 bridgehead atoms. The molecule has 6 rings (SSSR count). The molecule has 35 heavy (non-hydrogen) atoms. The van der Waals surface area contributed by atoms with Gasteiger partial charge in [0.2, 0.25) is 5.95 Å². The summed E-state index contributed by atoms with van der Waals surface area (Å²) in [7, 11) is 0. The zero-order valence-corrected chi connectivity index (χ0v) is 19.7. The summed E-state index contributed by atoms with van der Waals surface area (Å²) in [5.74, 6) is 0.984. The molecule has 0 radical (unpaired) electrons. The first kappa shape index (κ1) is 21.2. The molecule has 0 unspecified atom stereocenters. The number of aromatic amines is 1. The summed E-state index contributed by atoms with van der Waals surface area (Å²) in [5.41, 5.74) is 5.56. The Morgan fingerprint density at radius 1 is 1.09 bits per heavy atom. The van der Waals surface area contributed by atoms with Gasteiger partial charge in [0.1, 0.15) is 17.0 Å². The number of nitrogens with one attached hydrogen (secondary N) is 2. The number of aryl methyl sites for hydroxylation is 1. The van der Waals surface area contributed by atoms with Crippen LogP contribution in [0.2, 0.25) is 0 Å². The van der Waals surface area contributed by atoms with Gasteiger partial charge in [-0.3, -0.25) is 4.98 Å². The average molecular weight is 466 g/mol. The highest BCUT2D eigenvalue weighted by molar-refractivity contribution is 5.96. The molecule has 0 fully saturated rings. The lowest BCUT2D eigenvalue weighted by atomic mass is 10.1. The molecule has 4 aromatic heterocycles. The maximum absolute atomic E-state index is 15.0. The van der Waals surface area contributed by atoms with Gasteiger partial charge in [0.05, 0.1) is 11.0 Å². The van der Waals surface area contributed by atoms with Crippen molar-refractivity contribution in [3.8, 4) is 11.1 Å². The van der Waals surface area contributed by atoms with Crippen LogP contribution in [-0.2, 0) is 6.54 Å². The molecule has 0 saturated heterocycles. The molecular formula is C27H24FN7. The van der Waals surface area contributed by atoms with Gasteiger partial charge in [-0.15, -0.1) is 0 Å². The molecule has 174 valence electrons. The van der Waals surface area contributed by atoms with Gasteiger partial charge in [-0.05, 0) is 62.2 Å². The third kappa shape index (κ3) is 3.67. The van der Waals surface area contributed by atoms with Crippen molar-refractivity contribution in [2.24, 2.45) is 0 Å². The molecule has 0 saturated carbocycles. The van der Waals surface area contributed by atoms with Gasteiger partial charge in [-0.1, -0.05) is 12.1 Å². The number of pyridine rings is 1. The van der Waals surface area contributed by atoms with E-state index in [1.54, 1.807) is 12.4 Å². The molecule has 4 heterocycles. The number of benzene rings is 2. The van der Waals surface area contributed by atoms with E-state index in [9.17, 15) is 4.39 Å². The number of hydrogen-bond acceptors (Lipinski definition) is 5. The molecular weight excluding hydrogens is 441 g/mol. The molecule has 8 heteroatoms. The first-order valence-corrected chi connectivity index (χ1v) is 11.6. The second-order valence-corrected chi connectivity index (χ2v) is 8.99. The topological polar surface area (TPSA) is 84.3 Å². The maximum atomic E-state index is 15.0. The Morgan fingerprint density at radius 3 is 2.83 bits per heavy atom. The third-order valence-corrected chi connectivity index (χ3v) is 6.30. The van der Waals surface area contributed by atoms with E-state index in [4.69, 9.17) is 0 Å². The van der Waals surface area contributed by atoms with E-state index in [0.717, 1.165) is 44.3 Å². The quantitative estimate of drug-likeness (QED) is 0.318. The lowest BCUT2D eigenvalue weighted by Crippen LogP contribution is -2.03. The van der Waals surface area contributed by atoms with Crippen LogP contribution in [-0.4, -0.2) is 29.5 Å². The first-order chi connectivity index (χ1) is 17.0. The number of rotatable bonds is 5. The van der Waals surface area contributed by atoms with E-state index in [1.807, 2.05) is 43.5 Å². The monoisotopic (exact) mass is 465 g/mol. The molecule has 0 aliphatic carbocycles. The number of nitrogens with zero attached hydrogens (tertiary/aromatic N) is 5. The summed E-state index contributed by atoms with van der Waals surface area (Å²) < 4.78 is 17.0. The Kier molecular flexibility index (Phi) is 4.95. The Bertz CT molecular complexity index is 1710. The molecule has 2 aromatic carbocycles. The molecule has 0 aliphatic heterocycles. The van der Waals surface area contributed by atoms with Crippen molar-refractivity contribution in [2.75, 3.05) is 5.32 Å². The number of halogens is 1. The van der Waals surface area contributed by atoms with E-state index in [2.05, 4.69) is 54.7 Å². The molecule has 6 aromatic rings. The lowest BCUT2D eigenvalue weighted by Gasteiger charge is -2.11. The lowest BCUT2D eigenvalue weighted by molar-refractivity contribution is 0.600. The SMILES string of the molecule is Cc1nc2c(F)cc(-c3c[nH]c4nc(NCc5ccc6ncccc6c5)ncc34)cc2n1C(C)C.